The molecule has 0 saturated heterocycles. The lowest BCUT2D eigenvalue weighted by molar-refractivity contribution is 0.124. The van der Waals surface area contributed by atoms with Crippen LogP contribution < -0.4 is 4.74 Å². The van der Waals surface area contributed by atoms with Gasteiger partial charge in [-0.3, -0.25) is 4.90 Å². The summed E-state index contributed by atoms with van der Waals surface area (Å²) in [5, 5.41) is 11.8. The van der Waals surface area contributed by atoms with Crippen molar-refractivity contribution in [2.45, 2.75) is 12.6 Å². The quantitative estimate of drug-likeness (QED) is 0.526. The van der Waals surface area contributed by atoms with Gasteiger partial charge in [0.25, 0.3) is 0 Å². The van der Waals surface area contributed by atoms with E-state index < -0.39 is 6.10 Å². The van der Waals surface area contributed by atoms with Gasteiger partial charge in [-0.1, -0.05) is 59.6 Å². The van der Waals surface area contributed by atoms with Crippen LogP contribution in [0.15, 0.2) is 66.7 Å². The van der Waals surface area contributed by atoms with E-state index in [1.807, 2.05) is 37.4 Å². The molecule has 0 aliphatic rings. The first-order valence-corrected chi connectivity index (χ1v) is 9.77. The first-order valence-electron chi connectivity index (χ1n) is 9.01. The monoisotopic (exact) mass is 415 g/mol. The molecule has 0 bridgehead atoms. The number of hydrogen-bond acceptors (Lipinski definition) is 3. The highest BCUT2D eigenvalue weighted by atomic mass is 35.5. The molecule has 0 heterocycles. The van der Waals surface area contributed by atoms with E-state index in [0.29, 0.717) is 16.6 Å². The van der Waals surface area contributed by atoms with Gasteiger partial charge in [0, 0.05) is 28.7 Å². The van der Waals surface area contributed by atoms with Gasteiger partial charge in [-0.15, -0.1) is 0 Å². The van der Waals surface area contributed by atoms with Gasteiger partial charge in [-0.25, -0.2) is 0 Å². The maximum atomic E-state index is 10.4. The first kappa shape index (κ1) is 20.7. The minimum Gasteiger partial charge on any atom is -0.497 e. The second-order valence-electron chi connectivity index (χ2n) is 6.81. The molecule has 0 radical (unpaired) electrons. The van der Waals surface area contributed by atoms with Crippen LogP contribution in [0.4, 0.5) is 0 Å². The third-order valence-corrected chi connectivity index (χ3v) is 5.21. The summed E-state index contributed by atoms with van der Waals surface area (Å²) in [6.07, 6.45) is -0.558. The summed E-state index contributed by atoms with van der Waals surface area (Å²) >= 11 is 12.2. The Morgan fingerprint density at radius 3 is 2.29 bits per heavy atom. The van der Waals surface area contributed by atoms with Gasteiger partial charge < -0.3 is 9.84 Å². The van der Waals surface area contributed by atoms with Gasteiger partial charge in [0.05, 0.1) is 13.2 Å². The number of methoxy groups -OCH3 is 1. The summed E-state index contributed by atoms with van der Waals surface area (Å²) in [6, 6.07) is 21.2. The summed E-state index contributed by atoms with van der Waals surface area (Å²) in [6.45, 7) is 1.27. The Hall–Kier alpha value is -2.04. The second-order valence-corrected chi connectivity index (χ2v) is 7.65. The van der Waals surface area contributed by atoms with E-state index in [9.17, 15) is 5.11 Å². The van der Waals surface area contributed by atoms with Crippen LogP contribution in [0.1, 0.15) is 17.2 Å². The third-order valence-electron chi connectivity index (χ3n) is 4.63. The number of aliphatic hydroxyl groups excluding tert-OH is 1. The molecule has 3 aromatic rings. The van der Waals surface area contributed by atoms with Crippen molar-refractivity contribution in [1.82, 2.24) is 4.90 Å². The molecule has 1 N–H and O–H groups in total. The van der Waals surface area contributed by atoms with E-state index in [1.165, 1.54) is 0 Å². The van der Waals surface area contributed by atoms with Crippen LogP contribution in [0.25, 0.3) is 11.1 Å². The van der Waals surface area contributed by atoms with Crippen LogP contribution in [0.2, 0.25) is 10.0 Å². The highest BCUT2D eigenvalue weighted by molar-refractivity contribution is 6.33. The molecule has 28 heavy (non-hydrogen) atoms. The van der Waals surface area contributed by atoms with Crippen molar-refractivity contribution in [3.05, 3.63) is 87.9 Å². The van der Waals surface area contributed by atoms with Gasteiger partial charge in [0.15, 0.2) is 0 Å². The summed E-state index contributed by atoms with van der Waals surface area (Å²) in [5.74, 6) is 0.777. The number of likely N-dealkylation sites (N-methyl/N-ethyl adjacent to an activating group) is 1. The minimum atomic E-state index is -0.558. The maximum Gasteiger partial charge on any atom is 0.119 e. The van der Waals surface area contributed by atoms with Crippen molar-refractivity contribution >= 4 is 23.2 Å². The molecule has 3 aromatic carbocycles. The largest absolute Gasteiger partial charge is 0.497 e. The van der Waals surface area contributed by atoms with Crippen molar-refractivity contribution in [3.8, 4) is 16.9 Å². The number of hydrogen-bond donors (Lipinski definition) is 1. The Balaban J connectivity index is 1.64. The fourth-order valence-corrected chi connectivity index (χ4v) is 3.46. The van der Waals surface area contributed by atoms with Gasteiger partial charge in [-0.05, 0) is 54.1 Å². The highest BCUT2D eigenvalue weighted by Crippen LogP contribution is 2.31. The Morgan fingerprint density at radius 1 is 0.964 bits per heavy atom. The zero-order valence-corrected chi connectivity index (χ0v) is 17.4. The molecule has 1 unspecified atom stereocenters. The van der Waals surface area contributed by atoms with Crippen LogP contribution in [0.3, 0.4) is 0 Å². The van der Waals surface area contributed by atoms with Crippen LogP contribution in [-0.2, 0) is 6.54 Å². The zero-order chi connectivity index (χ0) is 20.1. The molecular formula is C23H23Cl2NO2. The van der Waals surface area contributed by atoms with E-state index in [-0.39, 0.29) is 0 Å². The van der Waals surface area contributed by atoms with Crippen molar-refractivity contribution < 1.29 is 9.84 Å². The SMILES string of the molecule is COc1ccc(Cl)c(-c2ccc(CN(C)CC(O)c3ccc(Cl)cc3)cc2)c1. The summed E-state index contributed by atoms with van der Waals surface area (Å²) in [5.41, 5.74) is 4.00. The van der Waals surface area contributed by atoms with Crippen molar-refractivity contribution in [1.29, 1.82) is 0 Å². The molecule has 0 aromatic heterocycles. The number of rotatable bonds is 7. The van der Waals surface area contributed by atoms with Crippen molar-refractivity contribution in [2.24, 2.45) is 0 Å². The molecule has 0 aliphatic carbocycles. The fourth-order valence-electron chi connectivity index (χ4n) is 3.10. The Morgan fingerprint density at radius 2 is 1.64 bits per heavy atom. The smallest absolute Gasteiger partial charge is 0.119 e. The van der Waals surface area contributed by atoms with Gasteiger partial charge in [0.2, 0.25) is 0 Å². The van der Waals surface area contributed by atoms with E-state index in [4.69, 9.17) is 27.9 Å². The van der Waals surface area contributed by atoms with Crippen molar-refractivity contribution in [2.75, 3.05) is 20.7 Å². The molecule has 0 saturated carbocycles. The fraction of sp³-hybridized carbons (Fsp3) is 0.217. The molecule has 0 amide bonds. The highest BCUT2D eigenvalue weighted by Gasteiger charge is 2.12. The molecule has 3 rings (SSSR count). The Kier molecular flexibility index (Phi) is 6.97. The summed E-state index contributed by atoms with van der Waals surface area (Å²) < 4.78 is 5.29. The lowest BCUT2D eigenvalue weighted by atomic mass is 10.0. The normalized spacial score (nSPS) is 12.2. The average molecular weight is 416 g/mol. The number of halogens is 2. The first-order chi connectivity index (χ1) is 13.5. The lowest BCUT2D eigenvalue weighted by Crippen LogP contribution is -2.24. The van der Waals surface area contributed by atoms with E-state index in [2.05, 4.69) is 29.2 Å². The maximum absolute atomic E-state index is 10.4. The van der Waals surface area contributed by atoms with Crippen LogP contribution in [0, 0.1) is 0 Å². The Bertz CT molecular complexity index is 911. The number of benzene rings is 3. The van der Waals surface area contributed by atoms with Gasteiger partial charge in [-0.2, -0.15) is 0 Å². The van der Waals surface area contributed by atoms with Crippen LogP contribution >= 0.6 is 23.2 Å². The molecule has 5 heteroatoms. The second kappa shape index (κ2) is 9.44. The standard InChI is InChI=1S/C23H23Cl2NO2/c1-26(15-23(27)18-7-9-19(24)10-8-18)14-16-3-5-17(6-4-16)21-13-20(28-2)11-12-22(21)25/h3-13,23,27H,14-15H2,1-2H3. The topological polar surface area (TPSA) is 32.7 Å². The molecule has 0 aliphatic heterocycles. The zero-order valence-electron chi connectivity index (χ0n) is 15.9. The third kappa shape index (κ3) is 5.27. The predicted molar refractivity (Wildman–Crippen MR) is 116 cm³/mol. The molecule has 0 spiro atoms. The number of nitrogens with zero attached hydrogens (tertiary/aromatic N) is 1. The van der Waals surface area contributed by atoms with E-state index in [1.54, 1.807) is 19.2 Å². The van der Waals surface area contributed by atoms with Crippen molar-refractivity contribution in [3.63, 3.8) is 0 Å². The van der Waals surface area contributed by atoms with Crippen LogP contribution in [-0.4, -0.2) is 30.7 Å². The number of ether oxygens (including phenoxy) is 1. The van der Waals surface area contributed by atoms with Gasteiger partial charge in [0.1, 0.15) is 5.75 Å². The van der Waals surface area contributed by atoms with E-state index in [0.717, 1.165) is 34.5 Å². The molecule has 3 nitrogen and oxygen atoms in total. The lowest BCUT2D eigenvalue weighted by Gasteiger charge is -2.21. The molecule has 1 atom stereocenters. The van der Waals surface area contributed by atoms with Crippen LogP contribution in [0.5, 0.6) is 5.75 Å². The summed E-state index contributed by atoms with van der Waals surface area (Å²) in [4.78, 5) is 2.09. The number of aliphatic hydroxyl groups is 1. The average Bonchev–Trinajstić information content (AvgIpc) is 2.69. The molecule has 146 valence electrons. The molecule has 0 fully saturated rings. The summed E-state index contributed by atoms with van der Waals surface area (Å²) in [7, 11) is 3.64. The predicted octanol–water partition coefficient (Wildman–Crippen LogP) is 5.83. The Labute approximate surface area is 176 Å². The minimum absolute atomic E-state index is 0.533. The molecular weight excluding hydrogens is 393 g/mol. The van der Waals surface area contributed by atoms with Gasteiger partial charge >= 0.3 is 0 Å². The van der Waals surface area contributed by atoms with E-state index >= 15 is 0 Å².